The summed E-state index contributed by atoms with van der Waals surface area (Å²) in [6, 6.07) is 8.33. The van der Waals surface area contributed by atoms with Crippen LogP contribution in [-0.2, 0) is 13.0 Å². The molecule has 0 spiro atoms. The fourth-order valence-corrected chi connectivity index (χ4v) is 3.47. The van der Waals surface area contributed by atoms with E-state index in [0.29, 0.717) is 6.42 Å². The molecule has 0 radical (unpaired) electrons. The van der Waals surface area contributed by atoms with E-state index in [2.05, 4.69) is 36.2 Å². The summed E-state index contributed by atoms with van der Waals surface area (Å²) in [5.74, 6) is 1.73. The highest BCUT2D eigenvalue weighted by molar-refractivity contribution is 7.99. The highest BCUT2D eigenvalue weighted by Crippen LogP contribution is 2.26. The molecule has 2 aromatic rings. The number of thioether (sulfide) groups is 1. The van der Waals surface area contributed by atoms with Crippen molar-refractivity contribution in [2.45, 2.75) is 25.0 Å². The second kappa shape index (κ2) is 5.56. The Balaban J connectivity index is 2.08. The normalized spacial score (nSPS) is 13.3. The van der Waals surface area contributed by atoms with Gasteiger partial charge in [0.25, 0.3) is 5.56 Å². The Morgan fingerprint density at radius 1 is 1.29 bits per heavy atom. The van der Waals surface area contributed by atoms with Gasteiger partial charge in [0.2, 0.25) is 0 Å². The number of aryl methyl sites for hydroxylation is 1. The van der Waals surface area contributed by atoms with E-state index in [9.17, 15) is 4.79 Å². The van der Waals surface area contributed by atoms with E-state index in [1.165, 1.54) is 5.56 Å². The van der Waals surface area contributed by atoms with Crippen molar-refractivity contribution in [2.75, 3.05) is 24.7 Å². The predicted molar refractivity (Wildman–Crippen MR) is 87.5 cm³/mol. The first-order chi connectivity index (χ1) is 10.1. The Morgan fingerprint density at radius 3 is 2.67 bits per heavy atom. The molecular weight excluding hydrogens is 282 g/mol. The molecule has 0 aliphatic carbocycles. The van der Waals surface area contributed by atoms with Crippen molar-refractivity contribution in [2.24, 2.45) is 0 Å². The van der Waals surface area contributed by atoms with Gasteiger partial charge in [0.05, 0.1) is 5.56 Å². The third-order valence-corrected chi connectivity index (χ3v) is 4.63. The zero-order chi connectivity index (χ0) is 15.0. The summed E-state index contributed by atoms with van der Waals surface area (Å²) < 4.78 is 1.81. The number of benzene rings is 1. The van der Waals surface area contributed by atoms with Gasteiger partial charge in [0.15, 0.2) is 5.16 Å². The van der Waals surface area contributed by atoms with E-state index in [4.69, 9.17) is 0 Å². The maximum atomic E-state index is 12.7. The van der Waals surface area contributed by atoms with Crippen LogP contribution in [0.4, 0.5) is 5.82 Å². The molecule has 1 aliphatic heterocycles. The zero-order valence-electron chi connectivity index (χ0n) is 12.6. The van der Waals surface area contributed by atoms with Crippen molar-refractivity contribution < 1.29 is 0 Å². The van der Waals surface area contributed by atoms with E-state index in [1.807, 2.05) is 19.0 Å². The molecule has 0 atom stereocenters. The summed E-state index contributed by atoms with van der Waals surface area (Å²) in [5, 5.41) is 0.844. The first kappa shape index (κ1) is 14.2. The van der Waals surface area contributed by atoms with Crippen LogP contribution >= 0.6 is 11.8 Å². The SMILES string of the molecule is Cc1ccc(Cc2c(N(C)C)nc3n(c2=O)CCS3)cc1. The Hall–Kier alpha value is -1.75. The molecule has 1 aromatic carbocycles. The van der Waals surface area contributed by atoms with E-state index in [0.717, 1.165) is 34.4 Å². The van der Waals surface area contributed by atoms with Crippen molar-refractivity contribution in [3.05, 3.63) is 51.3 Å². The first-order valence-electron chi connectivity index (χ1n) is 7.05. The molecule has 0 saturated heterocycles. The lowest BCUT2D eigenvalue weighted by Gasteiger charge is -2.17. The third-order valence-electron chi connectivity index (χ3n) is 3.68. The fraction of sp³-hybridized carbons (Fsp3) is 0.375. The number of fused-ring (bicyclic) bond motifs is 1. The molecule has 3 rings (SSSR count). The largest absolute Gasteiger partial charge is 0.362 e. The van der Waals surface area contributed by atoms with Gasteiger partial charge >= 0.3 is 0 Å². The van der Waals surface area contributed by atoms with Gasteiger partial charge in [-0.2, -0.15) is 0 Å². The minimum absolute atomic E-state index is 0.106. The van der Waals surface area contributed by atoms with Crippen LogP contribution in [0.25, 0.3) is 0 Å². The maximum Gasteiger partial charge on any atom is 0.259 e. The van der Waals surface area contributed by atoms with Gasteiger partial charge in [-0.15, -0.1) is 0 Å². The lowest BCUT2D eigenvalue weighted by Crippen LogP contribution is -2.28. The number of rotatable bonds is 3. The number of nitrogens with zero attached hydrogens (tertiary/aromatic N) is 3. The summed E-state index contributed by atoms with van der Waals surface area (Å²) >= 11 is 1.66. The van der Waals surface area contributed by atoms with Crippen molar-refractivity contribution >= 4 is 17.6 Å². The summed E-state index contributed by atoms with van der Waals surface area (Å²) in [6.07, 6.45) is 0.630. The van der Waals surface area contributed by atoms with Gasteiger partial charge in [-0.25, -0.2) is 4.98 Å². The molecule has 1 aromatic heterocycles. The monoisotopic (exact) mass is 301 g/mol. The molecule has 0 saturated carbocycles. The molecule has 1 aliphatic rings. The topological polar surface area (TPSA) is 38.1 Å². The predicted octanol–water partition coefficient (Wildman–Crippen LogP) is 2.31. The molecule has 4 nitrogen and oxygen atoms in total. The maximum absolute atomic E-state index is 12.7. The van der Waals surface area contributed by atoms with Gasteiger partial charge in [0.1, 0.15) is 5.82 Å². The quantitative estimate of drug-likeness (QED) is 0.816. The van der Waals surface area contributed by atoms with E-state index < -0.39 is 0 Å². The highest BCUT2D eigenvalue weighted by atomic mass is 32.2. The van der Waals surface area contributed by atoms with Crippen LogP contribution in [0.1, 0.15) is 16.7 Å². The zero-order valence-corrected chi connectivity index (χ0v) is 13.4. The summed E-state index contributed by atoms with van der Waals surface area (Å²) in [6.45, 7) is 2.83. The van der Waals surface area contributed by atoms with Crippen molar-refractivity contribution in [3.8, 4) is 0 Å². The Kier molecular flexibility index (Phi) is 3.76. The molecule has 110 valence electrons. The van der Waals surface area contributed by atoms with Crippen molar-refractivity contribution in [1.82, 2.24) is 9.55 Å². The lowest BCUT2D eigenvalue weighted by molar-refractivity contribution is 0.644. The number of aromatic nitrogens is 2. The van der Waals surface area contributed by atoms with Crippen LogP contribution in [-0.4, -0.2) is 29.4 Å². The van der Waals surface area contributed by atoms with E-state index in [-0.39, 0.29) is 5.56 Å². The van der Waals surface area contributed by atoms with Gasteiger partial charge < -0.3 is 4.90 Å². The second-order valence-corrected chi connectivity index (χ2v) is 6.62. The first-order valence-corrected chi connectivity index (χ1v) is 8.04. The van der Waals surface area contributed by atoms with E-state index in [1.54, 1.807) is 16.3 Å². The lowest BCUT2D eigenvalue weighted by atomic mass is 10.0. The number of hydrogen-bond acceptors (Lipinski definition) is 4. The van der Waals surface area contributed by atoms with Crippen LogP contribution in [0.5, 0.6) is 0 Å². The Labute approximate surface area is 128 Å². The molecule has 0 bridgehead atoms. The molecule has 2 heterocycles. The molecule has 21 heavy (non-hydrogen) atoms. The minimum atomic E-state index is 0.106. The summed E-state index contributed by atoms with van der Waals surface area (Å²) in [7, 11) is 3.88. The second-order valence-electron chi connectivity index (χ2n) is 5.56. The number of hydrogen-bond donors (Lipinski definition) is 0. The van der Waals surface area contributed by atoms with E-state index >= 15 is 0 Å². The van der Waals surface area contributed by atoms with Crippen molar-refractivity contribution in [1.29, 1.82) is 0 Å². The standard InChI is InChI=1S/C16H19N3OS/c1-11-4-6-12(7-5-11)10-13-14(18(2)3)17-16-19(15(13)20)8-9-21-16/h4-7H,8-10H2,1-3H3. The number of anilines is 1. The molecule has 0 fully saturated rings. The van der Waals surface area contributed by atoms with Crippen LogP contribution in [0.15, 0.2) is 34.2 Å². The van der Waals surface area contributed by atoms with Gasteiger partial charge in [0, 0.05) is 32.8 Å². The van der Waals surface area contributed by atoms with Crippen molar-refractivity contribution in [3.63, 3.8) is 0 Å². The molecule has 5 heteroatoms. The third kappa shape index (κ3) is 2.70. The molecule has 0 amide bonds. The highest BCUT2D eigenvalue weighted by Gasteiger charge is 2.21. The smallest absolute Gasteiger partial charge is 0.259 e. The van der Waals surface area contributed by atoms with Crippen LogP contribution in [0, 0.1) is 6.92 Å². The van der Waals surface area contributed by atoms with Gasteiger partial charge in [-0.1, -0.05) is 41.6 Å². The molecule has 0 N–H and O–H groups in total. The Morgan fingerprint density at radius 2 is 2.00 bits per heavy atom. The molecule has 0 unspecified atom stereocenters. The Bertz CT molecular complexity index is 720. The van der Waals surface area contributed by atoms with Gasteiger partial charge in [-0.3, -0.25) is 9.36 Å². The average molecular weight is 301 g/mol. The fourth-order valence-electron chi connectivity index (χ4n) is 2.53. The summed E-state index contributed by atoms with van der Waals surface area (Å²) in [5.41, 5.74) is 3.27. The van der Waals surface area contributed by atoms with Crippen LogP contribution in [0.3, 0.4) is 0 Å². The van der Waals surface area contributed by atoms with Crippen LogP contribution in [0.2, 0.25) is 0 Å². The summed E-state index contributed by atoms with van der Waals surface area (Å²) in [4.78, 5) is 19.4. The van der Waals surface area contributed by atoms with Crippen LogP contribution < -0.4 is 10.5 Å². The molecular formula is C16H19N3OS. The minimum Gasteiger partial charge on any atom is -0.362 e. The van der Waals surface area contributed by atoms with Gasteiger partial charge in [-0.05, 0) is 12.5 Å². The average Bonchev–Trinajstić information content (AvgIpc) is 2.92.